The molecule has 106 valence electrons. The van der Waals surface area contributed by atoms with Gasteiger partial charge in [0.15, 0.2) is 0 Å². The van der Waals surface area contributed by atoms with Crippen molar-refractivity contribution in [1.82, 2.24) is 0 Å². The molecule has 0 bridgehead atoms. The second-order valence-corrected chi connectivity index (χ2v) is 6.81. The predicted molar refractivity (Wildman–Crippen MR) is 83.3 cm³/mol. The summed E-state index contributed by atoms with van der Waals surface area (Å²) >= 11 is 0. The van der Waals surface area contributed by atoms with Crippen LogP contribution in [-0.2, 0) is 6.42 Å². The van der Waals surface area contributed by atoms with E-state index in [1.807, 2.05) is 0 Å². The van der Waals surface area contributed by atoms with Crippen LogP contribution in [0.4, 0.5) is 0 Å². The predicted octanol–water partition coefficient (Wildman–Crippen LogP) is 4.25. The Hall–Kier alpha value is -0.820. The fourth-order valence-electron chi connectivity index (χ4n) is 3.35. The Bertz CT molecular complexity index is 424. The number of benzene rings is 1. The molecule has 0 aromatic heterocycles. The van der Waals surface area contributed by atoms with E-state index in [-0.39, 0.29) is 0 Å². The third kappa shape index (κ3) is 3.60. The Balaban J connectivity index is 1.97. The fourth-order valence-corrected chi connectivity index (χ4v) is 3.35. The molecule has 19 heavy (non-hydrogen) atoms. The maximum atomic E-state index is 6.48. The highest BCUT2D eigenvalue weighted by Gasteiger charge is 2.28. The van der Waals surface area contributed by atoms with Crippen LogP contribution in [0.1, 0.15) is 49.8 Å². The minimum Gasteiger partial charge on any atom is -0.327 e. The molecular formula is C18H29N. The lowest BCUT2D eigenvalue weighted by Crippen LogP contribution is -2.37. The summed E-state index contributed by atoms with van der Waals surface area (Å²) < 4.78 is 0. The first-order valence-electron chi connectivity index (χ1n) is 7.79. The number of nitrogens with two attached hydrogens (primary N) is 1. The average molecular weight is 259 g/mol. The van der Waals surface area contributed by atoms with E-state index in [0.29, 0.717) is 12.0 Å². The Morgan fingerprint density at radius 3 is 2.47 bits per heavy atom. The molecule has 0 aliphatic heterocycles. The fraction of sp³-hybridized carbons (Fsp3) is 0.667. The summed E-state index contributed by atoms with van der Waals surface area (Å²) in [6.07, 6.45) is 5.02. The zero-order valence-electron chi connectivity index (χ0n) is 12.9. The zero-order chi connectivity index (χ0) is 14.0. The van der Waals surface area contributed by atoms with Crippen molar-refractivity contribution in [2.75, 3.05) is 0 Å². The molecule has 1 aliphatic carbocycles. The van der Waals surface area contributed by atoms with Crippen molar-refractivity contribution in [2.24, 2.45) is 23.5 Å². The SMILES string of the molecule is Cc1ccc(CC(N)C2CCC(C)C(C)C2)cc1C. The molecule has 4 unspecified atom stereocenters. The third-order valence-corrected chi connectivity index (χ3v) is 5.29. The van der Waals surface area contributed by atoms with Crippen LogP contribution in [0.3, 0.4) is 0 Å². The minimum absolute atomic E-state index is 0.331. The van der Waals surface area contributed by atoms with Gasteiger partial charge in [0, 0.05) is 6.04 Å². The highest BCUT2D eigenvalue weighted by molar-refractivity contribution is 5.30. The second-order valence-electron chi connectivity index (χ2n) is 6.81. The summed E-state index contributed by atoms with van der Waals surface area (Å²) in [6, 6.07) is 7.11. The quantitative estimate of drug-likeness (QED) is 0.863. The highest BCUT2D eigenvalue weighted by atomic mass is 14.7. The molecule has 2 N–H and O–H groups in total. The molecule has 0 radical (unpaired) electrons. The maximum absolute atomic E-state index is 6.48. The maximum Gasteiger partial charge on any atom is 0.0108 e. The topological polar surface area (TPSA) is 26.0 Å². The molecule has 1 aromatic carbocycles. The molecule has 0 heterocycles. The molecule has 1 fully saturated rings. The van der Waals surface area contributed by atoms with Crippen molar-refractivity contribution < 1.29 is 0 Å². The minimum atomic E-state index is 0.331. The van der Waals surface area contributed by atoms with E-state index in [4.69, 9.17) is 5.73 Å². The van der Waals surface area contributed by atoms with Crippen LogP contribution in [0.15, 0.2) is 18.2 Å². The Kier molecular flexibility index (Phi) is 4.67. The molecule has 1 heteroatoms. The second kappa shape index (κ2) is 6.09. The monoisotopic (exact) mass is 259 g/mol. The van der Waals surface area contributed by atoms with Gasteiger partial charge in [-0.05, 0) is 67.6 Å². The molecule has 1 aromatic rings. The van der Waals surface area contributed by atoms with E-state index in [1.54, 1.807) is 0 Å². The van der Waals surface area contributed by atoms with Gasteiger partial charge < -0.3 is 5.73 Å². The molecule has 0 saturated heterocycles. The first-order chi connectivity index (χ1) is 8.97. The van der Waals surface area contributed by atoms with E-state index in [1.165, 1.54) is 36.0 Å². The number of hydrogen-bond donors (Lipinski definition) is 1. The number of aryl methyl sites for hydroxylation is 2. The normalized spacial score (nSPS) is 29.2. The van der Waals surface area contributed by atoms with Crippen molar-refractivity contribution in [1.29, 1.82) is 0 Å². The number of rotatable bonds is 3. The largest absolute Gasteiger partial charge is 0.327 e. The Morgan fingerprint density at radius 2 is 1.84 bits per heavy atom. The lowest BCUT2D eigenvalue weighted by atomic mass is 9.72. The summed E-state index contributed by atoms with van der Waals surface area (Å²) in [5.41, 5.74) is 10.6. The summed E-state index contributed by atoms with van der Waals surface area (Å²) in [4.78, 5) is 0. The van der Waals surface area contributed by atoms with Crippen molar-refractivity contribution in [3.63, 3.8) is 0 Å². The zero-order valence-corrected chi connectivity index (χ0v) is 12.9. The van der Waals surface area contributed by atoms with E-state index < -0.39 is 0 Å². The number of hydrogen-bond acceptors (Lipinski definition) is 1. The van der Waals surface area contributed by atoms with Crippen molar-refractivity contribution >= 4 is 0 Å². The molecule has 0 amide bonds. The van der Waals surface area contributed by atoms with Gasteiger partial charge in [-0.2, -0.15) is 0 Å². The first kappa shape index (κ1) is 14.6. The van der Waals surface area contributed by atoms with Gasteiger partial charge in [0.05, 0.1) is 0 Å². The van der Waals surface area contributed by atoms with Gasteiger partial charge in [0.2, 0.25) is 0 Å². The van der Waals surface area contributed by atoms with Crippen LogP contribution >= 0.6 is 0 Å². The Morgan fingerprint density at radius 1 is 1.11 bits per heavy atom. The van der Waals surface area contributed by atoms with Crippen LogP contribution in [-0.4, -0.2) is 6.04 Å². The molecule has 4 atom stereocenters. The van der Waals surface area contributed by atoms with Crippen molar-refractivity contribution in [3.8, 4) is 0 Å². The van der Waals surface area contributed by atoms with Crippen LogP contribution in [0.5, 0.6) is 0 Å². The Labute approximate surface area is 118 Å². The van der Waals surface area contributed by atoms with Gasteiger partial charge in [-0.3, -0.25) is 0 Å². The smallest absolute Gasteiger partial charge is 0.0108 e. The van der Waals surface area contributed by atoms with E-state index in [9.17, 15) is 0 Å². The van der Waals surface area contributed by atoms with E-state index >= 15 is 0 Å². The molecule has 1 saturated carbocycles. The van der Waals surface area contributed by atoms with Crippen LogP contribution in [0.2, 0.25) is 0 Å². The molecule has 1 aliphatic rings. The summed E-state index contributed by atoms with van der Waals surface area (Å²) in [6.45, 7) is 9.13. The lowest BCUT2D eigenvalue weighted by molar-refractivity contribution is 0.185. The highest BCUT2D eigenvalue weighted by Crippen LogP contribution is 2.35. The first-order valence-corrected chi connectivity index (χ1v) is 7.79. The van der Waals surface area contributed by atoms with Gasteiger partial charge in [-0.1, -0.05) is 38.5 Å². The van der Waals surface area contributed by atoms with E-state index in [2.05, 4.69) is 45.9 Å². The van der Waals surface area contributed by atoms with Crippen molar-refractivity contribution in [2.45, 2.75) is 59.4 Å². The lowest BCUT2D eigenvalue weighted by Gasteiger charge is -2.35. The summed E-state index contributed by atoms with van der Waals surface area (Å²) in [5, 5.41) is 0. The molecular weight excluding hydrogens is 230 g/mol. The third-order valence-electron chi connectivity index (χ3n) is 5.29. The van der Waals surface area contributed by atoms with Crippen LogP contribution in [0.25, 0.3) is 0 Å². The van der Waals surface area contributed by atoms with Crippen LogP contribution < -0.4 is 5.73 Å². The van der Waals surface area contributed by atoms with Gasteiger partial charge in [0.25, 0.3) is 0 Å². The summed E-state index contributed by atoms with van der Waals surface area (Å²) in [7, 11) is 0. The van der Waals surface area contributed by atoms with Gasteiger partial charge in [-0.25, -0.2) is 0 Å². The van der Waals surface area contributed by atoms with Gasteiger partial charge in [-0.15, -0.1) is 0 Å². The van der Waals surface area contributed by atoms with E-state index in [0.717, 1.165) is 18.3 Å². The molecule has 2 rings (SSSR count). The molecule has 1 nitrogen and oxygen atoms in total. The van der Waals surface area contributed by atoms with Crippen LogP contribution in [0, 0.1) is 31.6 Å². The standard InChI is InChI=1S/C18H29N/c1-12-5-7-16(9-14(12)3)11-18(19)17-8-6-13(2)15(4)10-17/h5,7,9,13,15,17-18H,6,8,10-11,19H2,1-4H3. The molecule has 0 spiro atoms. The van der Waals surface area contributed by atoms with Crippen molar-refractivity contribution in [3.05, 3.63) is 34.9 Å². The average Bonchev–Trinajstić information content (AvgIpc) is 2.37. The summed E-state index contributed by atoms with van der Waals surface area (Å²) in [5.74, 6) is 2.43. The van der Waals surface area contributed by atoms with Gasteiger partial charge in [0.1, 0.15) is 0 Å². The van der Waals surface area contributed by atoms with Gasteiger partial charge >= 0.3 is 0 Å².